The van der Waals surface area contributed by atoms with Crippen molar-refractivity contribution in [3.63, 3.8) is 0 Å². The van der Waals surface area contributed by atoms with E-state index in [1.807, 2.05) is 18.2 Å². The van der Waals surface area contributed by atoms with Crippen molar-refractivity contribution in [2.24, 2.45) is 0 Å². The molecule has 0 aliphatic rings. The summed E-state index contributed by atoms with van der Waals surface area (Å²) in [4.78, 5) is 16.7. The summed E-state index contributed by atoms with van der Waals surface area (Å²) in [6, 6.07) is 10.3. The molecule has 0 aliphatic heterocycles. The second kappa shape index (κ2) is 21.2. The standard InChI is InChI=1S/C7H8.C3H8O3.2CHNO/c1-7-5-3-2-4-6-7;4-1-3(6)2-5;2*2-1-3/h2-6H,1H3;3-6H,1-2H2;2*2H. The number of aliphatic hydroxyl groups is 3. The van der Waals surface area contributed by atoms with Gasteiger partial charge in [0.1, 0.15) is 6.10 Å². The maximum Gasteiger partial charge on any atom is 0.231 e. The Morgan fingerprint density at radius 1 is 1.05 bits per heavy atom. The van der Waals surface area contributed by atoms with E-state index < -0.39 is 6.10 Å². The third-order valence-electron chi connectivity index (χ3n) is 1.36. The van der Waals surface area contributed by atoms with Crippen LogP contribution >= 0.6 is 0 Å². The Bertz CT molecular complexity index is 328. The number of rotatable bonds is 2. The zero-order chi connectivity index (χ0) is 15.5. The molecule has 5 N–H and O–H groups in total. The van der Waals surface area contributed by atoms with E-state index in [0.29, 0.717) is 0 Å². The van der Waals surface area contributed by atoms with E-state index in [4.69, 9.17) is 35.7 Å². The minimum atomic E-state index is -0.954. The predicted octanol–water partition coefficient (Wildman–Crippen LogP) is 0.129. The molecule has 0 atom stereocenters. The number of hydrogen-bond acceptors (Lipinski definition) is 7. The van der Waals surface area contributed by atoms with Crippen LogP contribution in [0.4, 0.5) is 0 Å². The normalized spacial score (nSPS) is 7.21. The van der Waals surface area contributed by atoms with Gasteiger partial charge in [-0.1, -0.05) is 35.9 Å². The zero-order valence-corrected chi connectivity index (χ0v) is 10.5. The predicted molar refractivity (Wildman–Crippen MR) is 68.2 cm³/mol. The fourth-order valence-corrected chi connectivity index (χ4v) is 0.592. The highest BCUT2D eigenvalue weighted by Crippen LogP contribution is 1.92. The monoisotopic (exact) mass is 270 g/mol. The molecule has 19 heavy (non-hydrogen) atoms. The van der Waals surface area contributed by atoms with Crippen LogP contribution in [-0.2, 0) is 9.59 Å². The Labute approximate surface area is 111 Å². The molecule has 0 unspecified atom stereocenters. The van der Waals surface area contributed by atoms with Gasteiger partial charge in [-0.15, -0.1) is 0 Å². The smallest absolute Gasteiger partial charge is 0.231 e. The van der Waals surface area contributed by atoms with Gasteiger partial charge in [0.2, 0.25) is 12.2 Å². The molecular weight excluding hydrogens is 252 g/mol. The SMILES string of the molecule is Cc1ccccc1.N=C=O.N=C=O.OCC(O)CO. The number of aliphatic hydroxyl groups excluding tert-OH is 3. The minimum Gasteiger partial charge on any atom is -0.394 e. The Kier molecular flexibility index (Phi) is 24.6. The lowest BCUT2D eigenvalue weighted by Crippen LogP contribution is -2.15. The molecule has 0 fully saturated rings. The van der Waals surface area contributed by atoms with Crippen LogP contribution in [0.25, 0.3) is 0 Å². The van der Waals surface area contributed by atoms with E-state index in [9.17, 15) is 0 Å². The third-order valence-corrected chi connectivity index (χ3v) is 1.36. The summed E-state index contributed by atoms with van der Waals surface area (Å²) in [5.74, 6) is 0. The van der Waals surface area contributed by atoms with E-state index in [2.05, 4.69) is 19.1 Å². The molecule has 0 aliphatic carbocycles. The van der Waals surface area contributed by atoms with Crippen molar-refractivity contribution in [2.45, 2.75) is 13.0 Å². The minimum absolute atomic E-state index is 0.365. The maximum absolute atomic E-state index is 8.35. The van der Waals surface area contributed by atoms with E-state index in [-0.39, 0.29) is 13.2 Å². The van der Waals surface area contributed by atoms with Gasteiger partial charge in [0.05, 0.1) is 13.2 Å². The van der Waals surface area contributed by atoms with Gasteiger partial charge in [0.15, 0.2) is 0 Å². The van der Waals surface area contributed by atoms with Crippen molar-refractivity contribution in [3.8, 4) is 0 Å². The fourth-order valence-electron chi connectivity index (χ4n) is 0.592. The number of aryl methyl sites for hydroxylation is 1. The first-order valence-corrected chi connectivity index (χ1v) is 5.03. The molecule has 1 rings (SSSR count). The number of benzene rings is 1. The molecule has 0 saturated carbocycles. The van der Waals surface area contributed by atoms with E-state index in [1.54, 1.807) is 0 Å². The summed E-state index contributed by atoms with van der Waals surface area (Å²) in [5.41, 5.74) is 1.32. The van der Waals surface area contributed by atoms with Crippen LogP contribution in [0.5, 0.6) is 0 Å². The second-order valence-corrected chi connectivity index (χ2v) is 2.88. The first-order chi connectivity index (χ1) is 9.03. The lowest BCUT2D eigenvalue weighted by Gasteiger charge is -1.96. The molecule has 0 amide bonds. The van der Waals surface area contributed by atoms with Crippen LogP contribution in [0.1, 0.15) is 5.56 Å². The average molecular weight is 270 g/mol. The Hall–Kier alpha value is -2.14. The van der Waals surface area contributed by atoms with Crippen molar-refractivity contribution < 1.29 is 24.9 Å². The lowest BCUT2D eigenvalue weighted by atomic mass is 10.2. The van der Waals surface area contributed by atoms with Crippen molar-refractivity contribution in [1.29, 1.82) is 10.8 Å². The largest absolute Gasteiger partial charge is 0.394 e. The number of carbonyl (C=O) groups excluding carboxylic acids is 2. The molecule has 0 heterocycles. The summed E-state index contributed by atoms with van der Waals surface area (Å²) in [6.07, 6.45) is 0.546. The average Bonchev–Trinajstić information content (AvgIpc) is 2.41. The van der Waals surface area contributed by atoms with Gasteiger partial charge in [0.25, 0.3) is 0 Å². The summed E-state index contributed by atoms with van der Waals surface area (Å²) in [6.45, 7) is 1.35. The molecule has 0 aromatic heterocycles. The molecule has 7 nitrogen and oxygen atoms in total. The molecule has 0 bridgehead atoms. The molecule has 1 aromatic carbocycles. The lowest BCUT2D eigenvalue weighted by molar-refractivity contribution is 0.0450. The second-order valence-electron chi connectivity index (χ2n) is 2.88. The van der Waals surface area contributed by atoms with Crippen LogP contribution in [-0.4, -0.2) is 46.8 Å². The van der Waals surface area contributed by atoms with Crippen molar-refractivity contribution in [2.75, 3.05) is 13.2 Å². The van der Waals surface area contributed by atoms with E-state index in [0.717, 1.165) is 12.2 Å². The van der Waals surface area contributed by atoms with Gasteiger partial charge in [-0.25, -0.2) is 20.4 Å². The first-order valence-electron chi connectivity index (χ1n) is 5.03. The Morgan fingerprint density at radius 2 is 1.37 bits per heavy atom. The van der Waals surface area contributed by atoms with Gasteiger partial charge in [-0.3, -0.25) is 0 Å². The van der Waals surface area contributed by atoms with Gasteiger partial charge in [-0.05, 0) is 6.92 Å². The summed E-state index contributed by atoms with van der Waals surface area (Å²) >= 11 is 0. The van der Waals surface area contributed by atoms with Crippen molar-refractivity contribution >= 4 is 12.2 Å². The Balaban J connectivity index is -0.000000195. The molecule has 7 heteroatoms. The van der Waals surface area contributed by atoms with Gasteiger partial charge < -0.3 is 15.3 Å². The van der Waals surface area contributed by atoms with Gasteiger partial charge in [0, 0.05) is 0 Å². The molecule has 0 radical (unpaired) electrons. The van der Waals surface area contributed by atoms with Crippen LogP contribution in [0.3, 0.4) is 0 Å². The highest BCUT2D eigenvalue weighted by molar-refractivity contribution is 5.26. The molecule has 0 saturated heterocycles. The van der Waals surface area contributed by atoms with Gasteiger partial charge in [-0.2, -0.15) is 0 Å². The molecule has 106 valence electrons. The topological polar surface area (TPSA) is 143 Å². The highest BCUT2D eigenvalue weighted by atomic mass is 16.3. The number of hydrogen-bond donors (Lipinski definition) is 5. The first kappa shape index (κ1) is 22.1. The summed E-state index contributed by atoms with van der Waals surface area (Å²) in [7, 11) is 0. The number of isocyanates is 2. The molecule has 1 aromatic rings. The van der Waals surface area contributed by atoms with E-state index in [1.165, 1.54) is 5.56 Å². The van der Waals surface area contributed by atoms with Crippen LogP contribution < -0.4 is 0 Å². The van der Waals surface area contributed by atoms with Crippen molar-refractivity contribution in [1.82, 2.24) is 0 Å². The third kappa shape index (κ3) is 31.3. The van der Waals surface area contributed by atoms with Crippen molar-refractivity contribution in [3.05, 3.63) is 35.9 Å². The molecular formula is C12H18N2O5. The Morgan fingerprint density at radius 3 is 1.47 bits per heavy atom. The zero-order valence-electron chi connectivity index (χ0n) is 10.5. The van der Waals surface area contributed by atoms with E-state index >= 15 is 0 Å². The summed E-state index contributed by atoms with van der Waals surface area (Å²) in [5, 5.41) is 34.8. The number of nitrogens with one attached hydrogen (secondary N) is 2. The maximum atomic E-state index is 8.35. The van der Waals surface area contributed by atoms with Crippen LogP contribution in [0.2, 0.25) is 0 Å². The summed E-state index contributed by atoms with van der Waals surface area (Å²) < 4.78 is 0. The highest BCUT2D eigenvalue weighted by Gasteiger charge is 1.93. The van der Waals surface area contributed by atoms with Gasteiger partial charge >= 0.3 is 0 Å². The fraction of sp³-hybridized carbons (Fsp3) is 0.333. The molecule has 0 spiro atoms. The van der Waals surface area contributed by atoms with Crippen LogP contribution in [0, 0.1) is 17.7 Å². The quantitative estimate of drug-likeness (QED) is 0.383. The van der Waals surface area contributed by atoms with Crippen LogP contribution in [0.15, 0.2) is 30.3 Å².